The fraction of sp³-hybridized carbons (Fsp3) is 0.278. The highest BCUT2D eigenvalue weighted by molar-refractivity contribution is 5.82. The maximum absolute atomic E-state index is 11.8. The third-order valence-electron chi connectivity index (χ3n) is 3.68. The van der Waals surface area contributed by atoms with Gasteiger partial charge in [-0.15, -0.1) is 0 Å². The largest absolute Gasteiger partial charge is 0.454 e. The van der Waals surface area contributed by atoms with Gasteiger partial charge in [-0.3, -0.25) is 4.79 Å². The highest BCUT2D eigenvalue weighted by Gasteiger charge is 2.14. The molecule has 0 atom stereocenters. The van der Waals surface area contributed by atoms with Gasteiger partial charge in [0.15, 0.2) is 11.5 Å². The van der Waals surface area contributed by atoms with E-state index in [1.54, 1.807) is 0 Å². The monoisotopic (exact) mass is 282 g/mol. The minimum Gasteiger partial charge on any atom is -0.454 e. The van der Waals surface area contributed by atoms with Gasteiger partial charge in [-0.25, -0.2) is 0 Å². The second-order valence-corrected chi connectivity index (χ2v) is 5.56. The minimum absolute atomic E-state index is 0.0820. The Kier molecular flexibility index (Phi) is 3.65. The molecule has 1 heterocycles. The van der Waals surface area contributed by atoms with Crippen molar-refractivity contribution in [2.24, 2.45) is 5.92 Å². The van der Waals surface area contributed by atoms with Crippen LogP contribution in [0.4, 0.5) is 0 Å². The summed E-state index contributed by atoms with van der Waals surface area (Å²) >= 11 is 0. The first-order valence-electron chi connectivity index (χ1n) is 7.15. The summed E-state index contributed by atoms with van der Waals surface area (Å²) in [5, 5.41) is 0. The van der Waals surface area contributed by atoms with Crippen LogP contribution < -0.4 is 9.47 Å². The molecule has 0 amide bonds. The van der Waals surface area contributed by atoms with Crippen molar-refractivity contribution in [3.05, 3.63) is 48.0 Å². The van der Waals surface area contributed by atoms with E-state index in [9.17, 15) is 4.79 Å². The number of benzene rings is 2. The second-order valence-electron chi connectivity index (χ2n) is 5.56. The molecule has 1 aliphatic rings. The van der Waals surface area contributed by atoms with Gasteiger partial charge in [0, 0.05) is 12.3 Å². The summed E-state index contributed by atoms with van der Waals surface area (Å²) in [6.07, 6.45) is 0.499. The molecule has 0 saturated heterocycles. The molecule has 1 aliphatic heterocycles. The van der Waals surface area contributed by atoms with Crippen LogP contribution in [0, 0.1) is 5.92 Å². The van der Waals surface area contributed by atoms with Gasteiger partial charge in [0.25, 0.3) is 0 Å². The van der Waals surface area contributed by atoms with E-state index in [2.05, 4.69) is 0 Å². The van der Waals surface area contributed by atoms with Crippen LogP contribution in [0.5, 0.6) is 11.5 Å². The summed E-state index contributed by atoms with van der Waals surface area (Å²) < 4.78 is 10.7. The van der Waals surface area contributed by atoms with Crippen LogP contribution in [-0.2, 0) is 11.2 Å². The quantitative estimate of drug-likeness (QED) is 0.854. The standard InChI is InChI=1S/C18H18O3/c1-12(2)16(19)9-13-3-5-14(6-4-13)15-7-8-17-18(10-15)21-11-20-17/h3-8,10,12H,9,11H2,1-2H3. The number of ether oxygens (including phenoxy) is 2. The Balaban J connectivity index is 1.79. The maximum atomic E-state index is 11.8. The zero-order chi connectivity index (χ0) is 14.8. The molecule has 108 valence electrons. The van der Waals surface area contributed by atoms with Crippen molar-refractivity contribution >= 4 is 5.78 Å². The highest BCUT2D eigenvalue weighted by atomic mass is 16.7. The van der Waals surface area contributed by atoms with E-state index >= 15 is 0 Å². The van der Waals surface area contributed by atoms with Crippen LogP contribution in [0.25, 0.3) is 11.1 Å². The van der Waals surface area contributed by atoms with Crippen molar-refractivity contribution in [3.63, 3.8) is 0 Å². The lowest BCUT2D eigenvalue weighted by molar-refractivity contribution is -0.121. The molecule has 0 radical (unpaired) electrons. The lowest BCUT2D eigenvalue weighted by atomic mass is 9.98. The van der Waals surface area contributed by atoms with Crippen molar-refractivity contribution in [1.29, 1.82) is 0 Å². The first-order valence-corrected chi connectivity index (χ1v) is 7.15. The summed E-state index contributed by atoms with van der Waals surface area (Å²) in [5.74, 6) is 1.92. The molecule has 0 fully saturated rings. The molecule has 0 saturated carbocycles. The van der Waals surface area contributed by atoms with Crippen molar-refractivity contribution in [3.8, 4) is 22.6 Å². The molecule has 0 aliphatic carbocycles. The first kappa shape index (κ1) is 13.7. The van der Waals surface area contributed by atoms with Gasteiger partial charge in [0.2, 0.25) is 6.79 Å². The lowest BCUT2D eigenvalue weighted by Crippen LogP contribution is -2.09. The number of hydrogen-bond donors (Lipinski definition) is 0. The van der Waals surface area contributed by atoms with Gasteiger partial charge in [0.05, 0.1) is 0 Å². The molecule has 3 heteroatoms. The molecule has 0 unspecified atom stereocenters. The van der Waals surface area contributed by atoms with Crippen LogP contribution in [0.3, 0.4) is 0 Å². The molecule has 3 nitrogen and oxygen atoms in total. The highest BCUT2D eigenvalue weighted by Crippen LogP contribution is 2.35. The number of carbonyl (C=O) groups excluding carboxylic acids is 1. The molecule has 0 N–H and O–H groups in total. The van der Waals surface area contributed by atoms with Gasteiger partial charge < -0.3 is 9.47 Å². The predicted molar refractivity (Wildman–Crippen MR) is 81.6 cm³/mol. The Morgan fingerprint density at radius 3 is 2.38 bits per heavy atom. The Morgan fingerprint density at radius 2 is 1.67 bits per heavy atom. The van der Waals surface area contributed by atoms with Crippen LogP contribution in [0.1, 0.15) is 19.4 Å². The average molecular weight is 282 g/mol. The van der Waals surface area contributed by atoms with Gasteiger partial charge in [-0.2, -0.15) is 0 Å². The summed E-state index contributed by atoms with van der Waals surface area (Å²) in [7, 11) is 0. The van der Waals surface area contributed by atoms with Crippen molar-refractivity contribution in [2.45, 2.75) is 20.3 Å². The number of ketones is 1. The van der Waals surface area contributed by atoms with Crippen LogP contribution in [0.2, 0.25) is 0 Å². The van der Waals surface area contributed by atoms with E-state index in [1.165, 1.54) is 0 Å². The second kappa shape index (κ2) is 5.60. The average Bonchev–Trinajstić information content (AvgIpc) is 2.95. The van der Waals surface area contributed by atoms with Crippen molar-refractivity contribution < 1.29 is 14.3 Å². The summed E-state index contributed by atoms with van der Waals surface area (Å²) in [4.78, 5) is 11.8. The smallest absolute Gasteiger partial charge is 0.231 e. The van der Waals surface area contributed by atoms with E-state index in [0.29, 0.717) is 6.42 Å². The molecular formula is C18H18O3. The number of hydrogen-bond acceptors (Lipinski definition) is 3. The van der Waals surface area contributed by atoms with Gasteiger partial charge in [-0.05, 0) is 28.8 Å². The fourth-order valence-electron chi connectivity index (χ4n) is 2.30. The molecule has 0 aromatic heterocycles. The fourth-order valence-corrected chi connectivity index (χ4v) is 2.30. The number of carbonyl (C=O) groups is 1. The molecular weight excluding hydrogens is 264 g/mol. The Labute approximate surface area is 124 Å². The first-order chi connectivity index (χ1) is 10.1. The third kappa shape index (κ3) is 2.92. The van der Waals surface area contributed by atoms with Crippen LogP contribution in [-0.4, -0.2) is 12.6 Å². The third-order valence-corrected chi connectivity index (χ3v) is 3.68. The number of fused-ring (bicyclic) bond motifs is 1. The van der Waals surface area contributed by atoms with E-state index < -0.39 is 0 Å². The normalized spacial score (nSPS) is 12.7. The zero-order valence-corrected chi connectivity index (χ0v) is 12.3. The maximum Gasteiger partial charge on any atom is 0.231 e. The lowest BCUT2D eigenvalue weighted by Gasteiger charge is -2.07. The van der Waals surface area contributed by atoms with Crippen molar-refractivity contribution in [1.82, 2.24) is 0 Å². The SMILES string of the molecule is CC(C)C(=O)Cc1ccc(-c2ccc3c(c2)OCO3)cc1. The van der Waals surface area contributed by atoms with E-state index in [0.717, 1.165) is 28.2 Å². The van der Waals surface area contributed by atoms with E-state index in [-0.39, 0.29) is 18.5 Å². The summed E-state index contributed by atoms with van der Waals surface area (Å²) in [6.45, 7) is 4.15. The van der Waals surface area contributed by atoms with E-state index in [1.807, 2.05) is 56.3 Å². The summed E-state index contributed by atoms with van der Waals surface area (Å²) in [5.41, 5.74) is 3.24. The molecule has 2 aromatic carbocycles. The predicted octanol–water partition coefficient (Wildman–Crippen LogP) is 3.85. The van der Waals surface area contributed by atoms with Crippen molar-refractivity contribution in [2.75, 3.05) is 6.79 Å². The topological polar surface area (TPSA) is 35.5 Å². The van der Waals surface area contributed by atoms with E-state index in [4.69, 9.17) is 9.47 Å². The number of rotatable bonds is 4. The van der Waals surface area contributed by atoms with Gasteiger partial charge in [0.1, 0.15) is 5.78 Å². The molecule has 21 heavy (non-hydrogen) atoms. The molecule has 3 rings (SSSR count). The Morgan fingerprint density at radius 1 is 1.00 bits per heavy atom. The van der Waals surface area contributed by atoms with Crippen LogP contribution in [0.15, 0.2) is 42.5 Å². The Hall–Kier alpha value is -2.29. The van der Waals surface area contributed by atoms with Crippen LogP contribution >= 0.6 is 0 Å². The Bertz CT molecular complexity index is 657. The van der Waals surface area contributed by atoms with Gasteiger partial charge >= 0.3 is 0 Å². The minimum atomic E-state index is 0.0820. The molecule has 0 spiro atoms. The number of Topliss-reactive ketones (excluding diaryl/α,β-unsaturated/α-hetero) is 1. The molecule has 2 aromatic rings. The summed E-state index contributed by atoms with van der Waals surface area (Å²) in [6, 6.07) is 14.0. The van der Waals surface area contributed by atoms with Gasteiger partial charge in [-0.1, -0.05) is 44.2 Å². The molecule has 0 bridgehead atoms. The zero-order valence-electron chi connectivity index (χ0n) is 12.3.